The Morgan fingerprint density at radius 2 is 1.97 bits per heavy atom. The van der Waals surface area contributed by atoms with Gasteiger partial charge in [-0.25, -0.2) is 0 Å². The summed E-state index contributed by atoms with van der Waals surface area (Å²) in [4.78, 5) is 12.5. The molecule has 5 rings (SSSR count). The number of fused-ring (bicyclic) bond motifs is 2. The number of piperazine rings is 1. The average molecular weight is 406 g/mol. The highest BCUT2D eigenvalue weighted by Gasteiger charge is 2.31. The van der Waals surface area contributed by atoms with Crippen LogP contribution in [0.15, 0.2) is 36.5 Å². The first-order valence-electron chi connectivity index (χ1n) is 11.6. The molecule has 1 saturated heterocycles. The third kappa shape index (κ3) is 3.86. The number of rotatable bonds is 4. The molecule has 1 fully saturated rings. The van der Waals surface area contributed by atoms with Crippen LogP contribution in [0.4, 0.5) is 5.69 Å². The van der Waals surface area contributed by atoms with E-state index in [-0.39, 0.29) is 0 Å². The molecule has 2 atom stereocenters. The molecule has 5 heteroatoms. The van der Waals surface area contributed by atoms with E-state index in [2.05, 4.69) is 64.4 Å². The molecule has 3 heterocycles. The molecular weight excluding hydrogens is 370 g/mol. The highest BCUT2D eigenvalue weighted by molar-refractivity contribution is 5.58. The summed E-state index contributed by atoms with van der Waals surface area (Å²) in [6.45, 7) is 6.54. The van der Waals surface area contributed by atoms with E-state index in [1.165, 1.54) is 41.8 Å². The number of anilines is 1. The minimum atomic E-state index is 0.452. The molecular formula is C25H35N5. The summed E-state index contributed by atoms with van der Waals surface area (Å²) in [5.41, 5.74) is 7.32. The van der Waals surface area contributed by atoms with Crippen LogP contribution in [-0.2, 0) is 19.4 Å². The fourth-order valence-electron chi connectivity index (χ4n) is 5.67. The molecule has 0 bridgehead atoms. The summed E-state index contributed by atoms with van der Waals surface area (Å²) in [5.74, 6) is 0. The Kier molecular flexibility index (Phi) is 5.77. The van der Waals surface area contributed by atoms with Gasteiger partial charge in [-0.2, -0.15) is 0 Å². The van der Waals surface area contributed by atoms with Crippen molar-refractivity contribution in [2.24, 2.45) is 0 Å². The standard InChI is InChI=1S/C25H35N5/c1-28-17-20-7-4-9-23(30-14-12-26-13-15-30)22(20)16-21(28)18-29(2)24-10-3-6-19-8-5-11-27-25(19)24/h4-5,7-9,11,21,24,26H,3,6,10,12-18H2,1-2H3/t21-,24-/m0/s1. The number of nitrogens with one attached hydrogen (secondary N) is 1. The van der Waals surface area contributed by atoms with E-state index in [1.54, 1.807) is 5.56 Å². The molecule has 0 spiro atoms. The molecule has 2 aliphatic heterocycles. The van der Waals surface area contributed by atoms with Gasteiger partial charge in [-0.15, -0.1) is 0 Å². The van der Waals surface area contributed by atoms with Crippen LogP contribution in [0.25, 0.3) is 0 Å². The van der Waals surface area contributed by atoms with Crippen molar-refractivity contribution < 1.29 is 0 Å². The molecule has 1 aromatic carbocycles. The number of likely N-dealkylation sites (N-methyl/N-ethyl adjacent to an activating group) is 2. The van der Waals surface area contributed by atoms with Crippen LogP contribution >= 0.6 is 0 Å². The lowest BCUT2D eigenvalue weighted by Gasteiger charge is -2.41. The van der Waals surface area contributed by atoms with Crippen molar-refractivity contribution in [3.8, 4) is 0 Å². The van der Waals surface area contributed by atoms with Gasteiger partial charge in [0.05, 0.1) is 11.7 Å². The highest BCUT2D eigenvalue weighted by Crippen LogP contribution is 2.35. The summed E-state index contributed by atoms with van der Waals surface area (Å²) in [5, 5.41) is 3.49. The average Bonchev–Trinajstić information content (AvgIpc) is 2.79. The van der Waals surface area contributed by atoms with Gasteiger partial charge in [-0.05, 0) is 68.6 Å². The number of aromatic nitrogens is 1. The Morgan fingerprint density at radius 1 is 1.13 bits per heavy atom. The lowest BCUT2D eigenvalue weighted by molar-refractivity contribution is 0.126. The van der Waals surface area contributed by atoms with Crippen molar-refractivity contribution in [1.82, 2.24) is 20.1 Å². The van der Waals surface area contributed by atoms with Crippen molar-refractivity contribution in [2.45, 2.75) is 44.3 Å². The maximum Gasteiger partial charge on any atom is 0.0607 e. The van der Waals surface area contributed by atoms with E-state index < -0.39 is 0 Å². The summed E-state index contributed by atoms with van der Waals surface area (Å²) in [6, 6.07) is 12.3. The van der Waals surface area contributed by atoms with Gasteiger partial charge in [-0.3, -0.25) is 14.8 Å². The Hall–Kier alpha value is -1.95. The van der Waals surface area contributed by atoms with Crippen LogP contribution in [-0.4, -0.2) is 67.6 Å². The van der Waals surface area contributed by atoms with Gasteiger partial charge in [0.2, 0.25) is 0 Å². The van der Waals surface area contributed by atoms with Crippen molar-refractivity contribution in [1.29, 1.82) is 0 Å². The predicted molar refractivity (Wildman–Crippen MR) is 123 cm³/mol. The van der Waals surface area contributed by atoms with E-state index in [4.69, 9.17) is 4.98 Å². The van der Waals surface area contributed by atoms with Gasteiger partial charge in [0.25, 0.3) is 0 Å². The molecule has 1 N–H and O–H groups in total. The van der Waals surface area contributed by atoms with E-state index in [1.807, 2.05) is 6.20 Å². The topological polar surface area (TPSA) is 34.6 Å². The lowest BCUT2D eigenvalue weighted by Crippen LogP contribution is -2.47. The number of benzene rings is 1. The Balaban J connectivity index is 1.35. The van der Waals surface area contributed by atoms with Gasteiger partial charge in [0, 0.05) is 57.2 Å². The van der Waals surface area contributed by atoms with E-state index in [0.29, 0.717) is 12.1 Å². The van der Waals surface area contributed by atoms with Gasteiger partial charge in [-0.1, -0.05) is 18.2 Å². The first-order valence-corrected chi connectivity index (χ1v) is 11.6. The maximum atomic E-state index is 4.78. The van der Waals surface area contributed by atoms with Crippen molar-refractivity contribution in [2.75, 3.05) is 51.7 Å². The highest BCUT2D eigenvalue weighted by atomic mass is 15.2. The molecule has 1 aliphatic carbocycles. The molecule has 160 valence electrons. The van der Waals surface area contributed by atoms with Gasteiger partial charge in [0.1, 0.15) is 0 Å². The third-order valence-corrected chi connectivity index (χ3v) is 7.39. The zero-order valence-electron chi connectivity index (χ0n) is 18.5. The third-order valence-electron chi connectivity index (χ3n) is 7.39. The molecule has 2 aromatic rings. The summed E-state index contributed by atoms with van der Waals surface area (Å²) >= 11 is 0. The normalized spacial score (nSPS) is 24.6. The minimum absolute atomic E-state index is 0.452. The van der Waals surface area contributed by atoms with E-state index in [0.717, 1.165) is 45.7 Å². The lowest BCUT2D eigenvalue weighted by atomic mass is 9.89. The zero-order valence-corrected chi connectivity index (χ0v) is 18.5. The molecule has 1 aromatic heterocycles. The zero-order chi connectivity index (χ0) is 20.5. The second-order valence-corrected chi connectivity index (χ2v) is 9.32. The van der Waals surface area contributed by atoms with Crippen LogP contribution in [0, 0.1) is 0 Å². The fraction of sp³-hybridized carbons (Fsp3) is 0.560. The van der Waals surface area contributed by atoms with Crippen molar-refractivity contribution in [3.05, 3.63) is 58.9 Å². The molecule has 0 unspecified atom stereocenters. The quantitative estimate of drug-likeness (QED) is 0.846. The minimum Gasteiger partial charge on any atom is -0.369 e. The van der Waals surface area contributed by atoms with E-state index in [9.17, 15) is 0 Å². The molecule has 0 saturated carbocycles. The Labute approximate surface area is 181 Å². The number of hydrogen-bond acceptors (Lipinski definition) is 5. The van der Waals surface area contributed by atoms with Crippen molar-refractivity contribution >= 4 is 5.69 Å². The summed E-state index contributed by atoms with van der Waals surface area (Å²) in [7, 11) is 4.60. The maximum absolute atomic E-state index is 4.78. The molecule has 30 heavy (non-hydrogen) atoms. The van der Waals surface area contributed by atoms with Gasteiger partial charge >= 0.3 is 0 Å². The Morgan fingerprint density at radius 3 is 2.83 bits per heavy atom. The predicted octanol–water partition coefficient (Wildman–Crippen LogP) is 2.86. The first kappa shape index (κ1) is 20.0. The summed E-state index contributed by atoms with van der Waals surface area (Å²) < 4.78 is 0. The fourth-order valence-corrected chi connectivity index (χ4v) is 5.67. The van der Waals surface area contributed by atoms with Crippen LogP contribution in [0.5, 0.6) is 0 Å². The number of aryl methyl sites for hydroxylation is 1. The van der Waals surface area contributed by atoms with E-state index >= 15 is 0 Å². The monoisotopic (exact) mass is 405 g/mol. The van der Waals surface area contributed by atoms with Gasteiger partial charge in [0.15, 0.2) is 0 Å². The number of hydrogen-bond donors (Lipinski definition) is 1. The second kappa shape index (κ2) is 8.66. The first-order chi connectivity index (χ1) is 14.7. The molecule has 0 amide bonds. The summed E-state index contributed by atoms with van der Waals surface area (Å²) in [6.07, 6.45) is 6.77. The number of pyridine rings is 1. The van der Waals surface area contributed by atoms with Crippen LogP contribution in [0.2, 0.25) is 0 Å². The van der Waals surface area contributed by atoms with Crippen LogP contribution < -0.4 is 10.2 Å². The second-order valence-electron chi connectivity index (χ2n) is 9.32. The largest absolute Gasteiger partial charge is 0.369 e. The van der Waals surface area contributed by atoms with Crippen molar-refractivity contribution in [3.63, 3.8) is 0 Å². The van der Waals surface area contributed by atoms with Crippen LogP contribution in [0.3, 0.4) is 0 Å². The number of nitrogens with zero attached hydrogens (tertiary/aromatic N) is 4. The SMILES string of the molecule is CN1Cc2cccc(N3CCNCC3)c2C[C@H]1CN(C)[C@H]1CCCc2cccnc21. The Bertz CT molecular complexity index is 876. The smallest absolute Gasteiger partial charge is 0.0607 e. The molecule has 0 radical (unpaired) electrons. The van der Waals surface area contributed by atoms with Crippen LogP contribution in [0.1, 0.15) is 41.3 Å². The van der Waals surface area contributed by atoms with Gasteiger partial charge < -0.3 is 10.2 Å². The molecule has 3 aliphatic rings. The molecule has 5 nitrogen and oxygen atoms in total.